The molecule has 0 unspecified atom stereocenters. The van der Waals surface area contributed by atoms with Crippen LogP contribution < -0.4 is 4.57 Å². The van der Waals surface area contributed by atoms with E-state index in [0.29, 0.717) is 0 Å². The number of rotatable bonds is 2. The first-order valence-corrected chi connectivity index (χ1v) is 6.92. The lowest BCUT2D eigenvalue weighted by Gasteiger charge is -1.97. The van der Waals surface area contributed by atoms with Crippen LogP contribution >= 0.6 is 0 Å². The highest BCUT2D eigenvalue weighted by molar-refractivity contribution is 5.70. The molecule has 0 aliphatic heterocycles. The molecule has 0 bridgehead atoms. The Bertz CT molecular complexity index is 807. The fourth-order valence-electron chi connectivity index (χ4n) is 2.57. The van der Waals surface area contributed by atoms with Gasteiger partial charge in [0.15, 0.2) is 5.52 Å². The number of hydrogen-bond acceptors (Lipinski definition) is 1. The Balaban J connectivity index is 2.02. The summed E-state index contributed by atoms with van der Waals surface area (Å²) in [5.74, 6) is 0. The van der Waals surface area contributed by atoms with E-state index in [1.165, 1.54) is 0 Å². The first-order valence-electron chi connectivity index (χ1n) is 6.92. The van der Waals surface area contributed by atoms with Crippen molar-refractivity contribution in [2.75, 3.05) is 0 Å². The molecule has 3 heteroatoms. The highest BCUT2D eigenvalue weighted by Gasteiger charge is 2.18. The zero-order valence-electron chi connectivity index (χ0n) is 11.4. The number of nitrogens with zero attached hydrogens (tertiary/aromatic N) is 3. The van der Waals surface area contributed by atoms with Crippen LogP contribution in [0.3, 0.4) is 0 Å². The quantitative estimate of drug-likeness (QED) is 0.513. The summed E-state index contributed by atoms with van der Waals surface area (Å²) in [6.45, 7) is 0. The van der Waals surface area contributed by atoms with Crippen molar-refractivity contribution in [3.8, 4) is 11.4 Å². The minimum atomic E-state index is 0.951. The Morgan fingerprint density at radius 2 is 1.48 bits per heavy atom. The molecule has 0 atom stereocenters. The smallest absolute Gasteiger partial charge is 0.226 e. The first kappa shape index (κ1) is 11.9. The van der Waals surface area contributed by atoms with Crippen molar-refractivity contribution in [2.45, 2.75) is 0 Å². The third-order valence-corrected chi connectivity index (χ3v) is 3.55. The third kappa shape index (κ3) is 1.99. The van der Waals surface area contributed by atoms with E-state index in [9.17, 15) is 0 Å². The van der Waals surface area contributed by atoms with E-state index in [1.54, 1.807) is 0 Å². The normalized spacial score (nSPS) is 10.9. The fraction of sp³-hybridized carbons (Fsp3) is 0. The van der Waals surface area contributed by atoms with Crippen LogP contribution in [0.5, 0.6) is 0 Å². The zero-order chi connectivity index (χ0) is 14.1. The van der Waals surface area contributed by atoms with Crippen molar-refractivity contribution in [1.82, 2.24) is 9.55 Å². The molecule has 4 rings (SSSR count). The van der Waals surface area contributed by atoms with Crippen LogP contribution in [-0.4, -0.2) is 9.55 Å². The molecular weight excluding hydrogens is 258 g/mol. The van der Waals surface area contributed by atoms with Crippen LogP contribution in [0.4, 0.5) is 0 Å². The van der Waals surface area contributed by atoms with Gasteiger partial charge in [0.1, 0.15) is 17.6 Å². The topological polar surface area (TPSA) is 21.7 Å². The number of benzene rings is 2. The summed E-state index contributed by atoms with van der Waals surface area (Å²) in [6.07, 6.45) is 3.92. The summed E-state index contributed by atoms with van der Waals surface area (Å²) in [5, 5.41) is 0. The lowest BCUT2D eigenvalue weighted by molar-refractivity contribution is -0.570. The minimum Gasteiger partial charge on any atom is -0.226 e. The predicted octanol–water partition coefficient (Wildman–Crippen LogP) is 3.30. The molecule has 0 N–H and O–H groups in total. The summed E-state index contributed by atoms with van der Waals surface area (Å²) in [4.78, 5) is 4.55. The van der Waals surface area contributed by atoms with Gasteiger partial charge < -0.3 is 0 Å². The molecule has 2 aromatic carbocycles. The number of hydrogen-bond donors (Lipinski definition) is 0. The summed E-state index contributed by atoms with van der Waals surface area (Å²) < 4.78 is 4.28. The fourth-order valence-corrected chi connectivity index (χ4v) is 2.57. The van der Waals surface area contributed by atoms with Gasteiger partial charge in [-0.1, -0.05) is 36.4 Å². The summed E-state index contributed by atoms with van der Waals surface area (Å²) >= 11 is 0. The first-order chi connectivity index (χ1) is 10.4. The van der Waals surface area contributed by atoms with Crippen LogP contribution in [0.1, 0.15) is 0 Å². The molecule has 2 aromatic heterocycles. The summed E-state index contributed by atoms with van der Waals surface area (Å²) in [6, 6.07) is 24.7. The molecule has 3 nitrogen and oxygen atoms in total. The highest BCUT2D eigenvalue weighted by atomic mass is 15.2. The van der Waals surface area contributed by atoms with E-state index >= 15 is 0 Å². The van der Waals surface area contributed by atoms with Crippen molar-refractivity contribution in [3.05, 3.63) is 85.3 Å². The molecule has 0 aliphatic rings. The van der Waals surface area contributed by atoms with Crippen molar-refractivity contribution in [3.63, 3.8) is 0 Å². The molecule has 0 spiro atoms. The van der Waals surface area contributed by atoms with Crippen molar-refractivity contribution >= 4 is 11.2 Å². The average Bonchev–Trinajstić information content (AvgIpc) is 2.96. The van der Waals surface area contributed by atoms with Gasteiger partial charge in [0.2, 0.25) is 6.33 Å². The standard InChI is InChI=1S/C18H14N3/c1-3-8-15(9-4-1)20-14-21(16-10-5-2-6-11-16)18-17(20)12-7-13-19-18/h1-14H/q+1. The van der Waals surface area contributed by atoms with Crippen molar-refractivity contribution in [2.24, 2.45) is 0 Å². The van der Waals surface area contributed by atoms with Gasteiger partial charge in [0.25, 0.3) is 0 Å². The Kier molecular flexibility index (Phi) is 2.75. The number of imidazole rings is 1. The molecule has 0 radical (unpaired) electrons. The molecule has 4 aromatic rings. The average molecular weight is 272 g/mol. The van der Waals surface area contributed by atoms with Crippen molar-refractivity contribution in [1.29, 1.82) is 0 Å². The van der Waals surface area contributed by atoms with Crippen LogP contribution in [0.15, 0.2) is 85.3 Å². The largest absolute Gasteiger partial charge is 0.307 e. The van der Waals surface area contributed by atoms with E-state index in [4.69, 9.17) is 0 Å². The number of para-hydroxylation sites is 2. The highest BCUT2D eigenvalue weighted by Crippen LogP contribution is 2.16. The number of aromatic nitrogens is 3. The van der Waals surface area contributed by atoms with E-state index in [0.717, 1.165) is 22.5 Å². The summed E-state index contributed by atoms with van der Waals surface area (Å²) in [7, 11) is 0. The van der Waals surface area contributed by atoms with Gasteiger partial charge in [-0.25, -0.2) is 4.57 Å². The van der Waals surface area contributed by atoms with Gasteiger partial charge in [0.05, 0.1) is 0 Å². The molecule has 0 fully saturated rings. The summed E-state index contributed by atoms with van der Waals surface area (Å²) in [5.41, 5.74) is 4.28. The monoisotopic (exact) mass is 272 g/mol. The van der Waals surface area contributed by atoms with Gasteiger partial charge in [0, 0.05) is 0 Å². The lowest BCUT2D eigenvalue weighted by Crippen LogP contribution is -2.29. The maximum atomic E-state index is 4.55. The molecule has 2 heterocycles. The van der Waals surface area contributed by atoms with Crippen molar-refractivity contribution < 1.29 is 4.57 Å². The molecule has 100 valence electrons. The molecule has 0 saturated heterocycles. The zero-order valence-corrected chi connectivity index (χ0v) is 11.4. The molecular formula is C18H14N3+. The second-order valence-electron chi connectivity index (χ2n) is 4.87. The van der Waals surface area contributed by atoms with Gasteiger partial charge in [-0.15, -0.1) is 4.98 Å². The molecule has 0 saturated carbocycles. The van der Waals surface area contributed by atoms with E-state index in [1.807, 2.05) is 48.7 Å². The van der Waals surface area contributed by atoms with Crippen LogP contribution in [0.25, 0.3) is 22.5 Å². The van der Waals surface area contributed by atoms with Crippen LogP contribution in [0.2, 0.25) is 0 Å². The minimum absolute atomic E-state index is 0.951. The number of fused-ring (bicyclic) bond motifs is 1. The molecule has 0 amide bonds. The Morgan fingerprint density at radius 1 is 0.762 bits per heavy atom. The Morgan fingerprint density at radius 3 is 2.24 bits per heavy atom. The Hall–Kier alpha value is -2.94. The van der Waals surface area contributed by atoms with Gasteiger partial charge in [-0.2, -0.15) is 4.57 Å². The van der Waals surface area contributed by atoms with E-state index in [-0.39, 0.29) is 0 Å². The maximum Gasteiger partial charge on any atom is 0.307 e. The van der Waals surface area contributed by atoms with Gasteiger partial charge in [-0.3, -0.25) is 0 Å². The van der Waals surface area contributed by atoms with E-state index < -0.39 is 0 Å². The lowest BCUT2D eigenvalue weighted by atomic mass is 10.3. The third-order valence-electron chi connectivity index (χ3n) is 3.55. The molecule has 0 aliphatic carbocycles. The van der Waals surface area contributed by atoms with Crippen LogP contribution in [0, 0.1) is 0 Å². The van der Waals surface area contributed by atoms with Gasteiger partial charge in [-0.05, 0) is 36.4 Å². The Labute approximate surface area is 122 Å². The SMILES string of the molecule is c1ccc(-n2c[n+](-c3ccccc3)c3ncccc32)cc1. The second kappa shape index (κ2) is 4.87. The number of pyridine rings is 1. The van der Waals surface area contributed by atoms with E-state index in [2.05, 4.69) is 50.8 Å². The van der Waals surface area contributed by atoms with Gasteiger partial charge >= 0.3 is 5.65 Å². The predicted molar refractivity (Wildman–Crippen MR) is 82.6 cm³/mol. The second-order valence-corrected chi connectivity index (χ2v) is 4.87. The maximum absolute atomic E-state index is 4.55. The van der Waals surface area contributed by atoms with Crippen LogP contribution in [-0.2, 0) is 0 Å². The molecule has 21 heavy (non-hydrogen) atoms.